The van der Waals surface area contributed by atoms with Crippen molar-refractivity contribution < 1.29 is 3.07 Å². The fourth-order valence-corrected chi connectivity index (χ4v) is 1.98. The number of halogens is 1. The molecular weight excluding hydrogens is 275 g/mol. The van der Waals surface area contributed by atoms with Crippen molar-refractivity contribution in [2.45, 2.75) is 33.6 Å². The predicted molar refractivity (Wildman–Crippen MR) is 64.7 cm³/mol. The van der Waals surface area contributed by atoms with E-state index < -0.39 is 0 Å². The van der Waals surface area contributed by atoms with E-state index in [4.69, 9.17) is 3.07 Å². The summed E-state index contributed by atoms with van der Waals surface area (Å²) in [5.74, 6) is 1.52. The van der Waals surface area contributed by atoms with E-state index >= 15 is 0 Å². The van der Waals surface area contributed by atoms with E-state index in [0.29, 0.717) is 5.92 Å². The predicted octanol–water partition coefficient (Wildman–Crippen LogP) is 4.16. The molecule has 0 saturated heterocycles. The highest BCUT2D eigenvalue weighted by molar-refractivity contribution is 14.1. The molecule has 0 unspecified atom stereocenters. The van der Waals surface area contributed by atoms with Crippen molar-refractivity contribution in [1.29, 1.82) is 0 Å². The molecule has 0 spiro atoms. The highest BCUT2D eigenvalue weighted by Crippen LogP contribution is 2.32. The normalized spacial score (nSPS) is 10.6. The van der Waals surface area contributed by atoms with Gasteiger partial charge in [-0.1, -0.05) is 19.9 Å². The largest absolute Gasteiger partial charge is 0.427 e. The van der Waals surface area contributed by atoms with Crippen molar-refractivity contribution in [2.24, 2.45) is 0 Å². The highest BCUT2D eigenvalue weighted by atomic mass is 127. The summed E-state index contributed by atoms with van der Waals surface area (Å²) in [6.07, 6.45) is 0. The molecule has 13 heavy (non-hydrogen) atoms. The van der Waals surface area contributed by atoms with Gasteiger partial charge in [0.2, 0.25) is 0 Å². The fourth-order valence-electron chi connectivity index (χ4n) is 1.60. The molecule has 0 aliphatic heterocycles. The summed E-state index contributed by atoms with van der Waals surface area (Å²) in [5, 5.41) is 0. The Morgan fingerprint density at radius 2 is 1.85 bits per heavy atom. The average molecular weight is 290 g/mol. The molecule has 0 saturated carbocycles. The monoisotopic (exact) mass is 290 g/mol. The van der Waals surface area contributed by atoms with Gasteiger partial charge in [-0.05, 0) is 37.0 Å². The van der Waals surface area contributed by atoms with Crippen LogP contribution >= 0.6 is 23.0 Å². The molecule has 72 valence electrons. The summed E-state index contributed by atoms with van der Waals surface area (Å²) < 4.78 is 5.31. The lowest BCUT2D eigenvalue weighted by atomic mass is 9.94. The molecule has 0 aliphatic carbocycles. The molecule has 1 rings (SSSR count). The Bertz CT molecular complexity index is 305. The van der Waals surface area contributed by atoms with Gasteiger partial charge in [0.05, 0.1) is 0 Å². The number of benzene rings is 1. The molecule has 1 nitrogen and oxygen atoms in total. The first kappa shape index (κ1) is 10.8. The van der Waals surface area contributed by atoms with E-state index in [9.17, 15) is 0 Å². The second-order valence-electron chi connectivity index (χ2n) is 3.65. The van der Waals surface area contributed by atoms with Gasteiger partial charge in [0.1, 0.15) is 5.75 Å². The smallest absolute Gasteiger partial charge is 0.192 e. The number of hydrogen-bond acceptors (Lipinski definition) is 1. The maximum absolute atomic E-state index is 5.31. The Labute approximate surface area is 94.2 Å². The van der Waals surface area contributed by atoms with Crippen LogP contribution in [0.5, 0.6) is 5.75 Å². The van der Waals surface area contributed by atoms with Crippen molar-refractivity contribution in [2.75, 3.05) is 0 Å². The summed E-state index contributed by atoms with van der Waals surface area (Å²) in [5.41, 5.74) is 4.01. The summed E-state index contributed by atoms with van der Waals surface area (Å²) in [4.78, 5) is 0. The minimum Gasteiger partial charge on any atom is -0.427 e. The minimum absolute atomic E-state index is 0.518. The van der Waals surface area contributed by atoms with Gasteiger partial charge < -0.3 is 3.07 Å². The third kappa shape index (κ3) is 2.16. The van der Waals surface area contributed by atoms with Crippen molar-refractivity contribution >= 4 is 23.0 Å². The average Bonchev–Trinajstić information content (AvgIpc) is 2.08. The third-order valence-electron chi connectivity index (χ3n) is 2.41. The molecule has 0 aliphatic rings. The van der Waals surface area contributed by atoms with Gasteiger partial charge in [-0.15, -0.1) is 0 Å². The first-order valence-corrected chi connectivity index (χ1v) is 5.34. The van der Waals surface area contributed by atoms with E-state index in [1.165, 1.54) is 16.7 Å². The first-order valence-electron chi connectivity index (χ1n) is 4.46. The van der Waals surface area contributed by atoms with Crippen LogP contribution in [0.4, 0.5) is 0 Å². The van der Waals surface area contributed by atoms with Gasteiger partial charge in [0.25, 0.3) is 0 Å². The highest BCUT2D eigenvalue weighted by Gasteiger charge is 2.11. The topological polar surface area (TPSA) is 9.23 Å². The first-order chi connectivity index (χ1) is 6.07. The van der Waals surface area contributed by atoms with Crippen LogP contribution in [0.15, 0.2) is 12.1 Å². The van der Waals surface area contributed by atoms with E-state index in [0.717, 1.165) is 5.75 Å². The molecule has 0 heterocycles. The molecule has 0 fully saturated rings. The lowest BCUT2D eigenvalue weighted by Gasteiger charge is -2.15. The zero-order chi connectivity index (χ0) is 10.0. The summed E-state index contributed by atoms with van der Waals surface area (Å²) in [6, 6.07) is 4.15. The molecule has 0 aromatic heterocycles. The molecule has 2 heteroatoms. The lowest BCUT2D eigenvalue weighted by molar-refractivity contribution is 0.680. The van der Waals surface area contributed by atoms with Crippen molar-refractivity contribution in [3.63, 3.8) is 0 Å². The van der Waals surface area contributed by atoms with Crippen molar-refractivity contribution in [1.82, 2.24) is 0 Å². The molecule has 1 aromatic rings. The van der Waals surface area contributed by atoms with E-state index in [1.807, 2.05) is 29.1 Å². The van der Waals surface area contributed by atoms with Gasteiger partial charge in [-0.3, -0.25) is 0 Å². The zero-order valence-electron chi connectivity index (χ0n) is 8.52. The van der Waals surface area contributed by atoms with Crippen LogP contribution < -0.4 is 3.07 Å². The van der Waals surface area contributed by atoms with Crippen LogP contribution in [-0.2, 0) is 0 Å². The van der Waals surface area contributed by atoms with Gasteiger partial charge in [0, 0.05) is 5.56 Å². The second-order valence-corrected chi connectivity index (χ2v) is 4.09. The maximum atomic E-state index is 5.31. The SMILES string of the molecule is Cc1ccc(OI)c(C(C)C)c1C. The van der Waals surface area contributed by atoms with Crippen molar-refractivity contribution in [3.8, 4) is 5.75 Å². The summed E-state index contributed by atoms with van der Waals surface area (Å²) >= 11 is 1.94. The molecular formula is C11H15IO. The Morgan fingerprint density at radius 3 is 2.31 bits per heavy atom. The standard InChI is InChI=1S/C11H15IO/c1-7(2)11-9(4)8(3)5-6-10(11)13-12/h5-7H,1-4H3. The van der Waals surface area contributed by atoms with E-state index in [2.05, 4.69) is 33.8 Å². The summed E-state index contributed by atoms with van der Waals surface area (Å²) in [6.45, 7) is 8.68. The van der Waals surface area contributed by atoms with Crippen LogP contribution in [0.3, 0.4) is 0 Å². The van der Waals surface area contributed by atoms with Crippen LogP contribution in [0.2, 0.25) is 0 Å². The Kier molecular flexibility index (Phi) is 3.59. The van der Waals surface area contributed by atoms with Crippen LogP contribution in [-0.4, -0.2) is 0 Å². The number of hydrogen-bond donors (Lipinski definition) is 0. The molecule has 0 atom stereocenters. The minimum atomic E-state index is 0.518. The summed E-state index contributed by atoms with van der Waals surface area (Å²) in [7, 11) is 0. The Balaban J connectivity index is 3.32. The Morgan fingerprint density at radius 1 is 1.23 bits per heavy atom. The fraction of sp³-hybridized carbons (Fsp3) is 0.455. The zero-order valence-corrected chi connectivity index (χ0v) is 10.7. The van der Waals surface area contributed by atoms with Gasteiger partial charge in [-0.2, -0.15) is 0 Å². The maximum Gasteiger partial charge on any atom is 0.192 e. The van der Waals surface area contributed by atoms with E-state index in [-0.39, 0.29) is 0 Å². The van der Waals surface area contributed by atoms with Crippen molar-refractivity contribution in [3.05, 3.63) is 28.8 Å². The number of aryl methyl sites for hydroxylation is 1. The molecule has 0 amide bonds. The van der Waals surface area contributed by atoms with Crippen LogP contribution in [0.1, 0.15) is 36.5 Å². The molecule has 0 N–H and O–H groups in total. The Hall–Kier alpha value is -0.250. The molecule has 0 bridgehead atoms. The van der Waals surface area contributed by atoms with Crippen LogP contribution in [0.25, 0.3) is 0 Å². The molecule has 0 radical (unpaired) electrons. The van der Waals surface area contributed by atoms with Crippen LogP contribution in [0, 0.1) is 13.8 Å². The van der Waals surface area contributed by atoms with Gasteiger partial charge >= 0.3 is 0 Å². The second kappa shape index (κ2) is 4.31. The number of rotatable bonds is 2. The third-order valence-corrected chi connectivity index (χ3v) is 2.88. The van der Waals surface area contributed by atoms with Gasteiger partial charge in [-0.25, -0.2) is 0 Å². The molecule has 1 aromatic carbocycles. The van der Waals surface area contributed by atoms with E-state index in [1.54, 1.807) is 0 Å². The quantitative estimate of drug-likeness (QED) is 0.743. The lowest BCUT2D eigenvalue weighted by Crippen LogP contribution is -1.97. The van der Waals surface area contributed by atoms with Gasteiger partial charge in [0.15, 0.2) is 23.0 Å².